The van der Waals surface area contributed by atoms with Crippen molar-refractivity contribution in [3.63, 3.8) is 0 Å². The van der Waals surface area contributed by atoms with Crippen molar-refractivity contribution in [2.24, 2.45) is 0 Å². The normalized spacial score (nSPS) is 13.8. The molecule has 0 fully saturated rings. The molecule has 0 saturated carbocycles. The van der Waals surface area contributed by atoms with Gasteiger partial charge in [0.05, 0.1) is 6.54 Å². The van der Waals surface area contributed by atoms with Gasteiger partial charge in [0, 0.05) is 5.54 Å². The summed E-state index contributed by atoms with van der Waals surface area (Å²) in [4.78, 5) is 23.6. The molecule has 128 valence electrons. The van der Waals surface area contributed by atoms with E-state index in [9.17, 15) is 9.59 Å². The molecule has 1 aromatic rings. The smallest absolute Gasteiger partial charge is 0.407 e. The van der Waals surface area contributed by atoms with Crippen molar-refractivity contribution in [2.45, 2.75) is 51.1 Å². The Balaban J connectivity index is 2.33. The van der Waals surface area contributed by atoms with Crippen LogP contribution in [0.3, 0.4) is 0 Å². The summed E-state index contributed by atoms with van der Waals surface area (Å²) in [6.07, 6.45) is -0.499. The molecule has 0 aliphatic rings. The number of halogens is 1. The van der Waals surface area contributed by atoms with Crippen molar-refractivity contribution >= 4 is 23.6 Å². The number of ether oxygens (including phenoxy) is 1. The van der Waals surface area contributed by atoms with Gasteiger partial charge in [-0.1, -0.05) is 30.3 Å². The first-order valence-electron chi connectivity index (χ1n) is 7.62. The molecule has 0 bridgehead atoms. The Morgan fingerprint density at radius 1 is 1.22 bits per heavy atom. The lowest BCUT2D eigenvalue weighted by molar-refractivity contribution is -0.121. The SMILES string of the molecule is C[C@@H](CNC(=O)C(Cl)Cc1ccccc1)OC(=O)NC(C)(C)C. The van der Waals surface area contributed by atoms with E-state index in [0.717, 1.165) is 5.56 Å². The summed E-state index contributed by atoms with van der Waals surface area (Å²) >= 11 is 6.11. The molecule has 2 atom stereocenters. The third-order valence-corrected chi connectivity index (χ3v) is 3.24. The van der Waals surface area contributed by atoms with E-state index in [0.29, 0.717) is 6.42 Å². The lowest BCUT2D eigenvalue weighted by Gasteiger charge is -2.22. The number of carbonyl (C=O) groups excluding carboxylic acids is 2. The van der Waals surface area contributed by atoms with Crippen LogP contribution in [0.25, 0.3) is 0 Å². The Morgan fingerprint density at radius 3 is 2.39 bits per heavy atom. The number of nitrogens with one attached hydrogen (secondary N) is 2. The highest BCUT2D eigenvalue weighted by Gasteiger charge is 2.19. The molecule has 0 spiro atoms. The van der Waals surface area contributed by atoms with Crippen molar-refractivity contribution in [2.75, 3.05) is 6.54 Å². The number of carbonyl (C=O) groups is 2. The van der Waals surface area contributed by atoms with Crippen molar-refractivity contribution in [3.8, 4) is 0 Å². The first kappa shape index (κ1) is 19.3. The van der Waals surface area contributed by atoms with Gasteiger partial charge in [-0.05, 0) is 39.7 Å². The van der Waals surface area contributed by atoms with Gasteiger partial charge in [0.1, 0.15) is 11.5 Å². The maximum Gasteiger partial charge on any atom is 0.407 e. The summed E-state index contributed by atoms with van der Waals surface area (Å²) in [5, 5.41) is 4.73. The zero-order chi connectivity index (χ0) is 17.5. The zero-order valence-electron chi connectivity index (χ0n) is 14.1. The number of amides is 2. The monoisotopic (exact) mass is 340 g/mol. The molecule has 23 heavy (non-hydrogen) atoms. The number of benzene rings is 1. The molecule has 2 N–H and O–H groups in total. The summed E-state index contributed by atoms with van der Waals surface area (Å²) in [5.41, 5.74) is 0.633. The second kappa shape index (κ2) is 8.77. The molecular formula is C17H25ClN2O3. The Kier molecular flexibility index (Phi) is 7.36. The molecule has 1 aromatic carbocycles. The van der Waals surface area contributed by atoms with Gasteiger partial charge in [-0.2, -0.15) is 0 Å². The number of hydrogen-bond donors (Lipinski definition) is 2. The van der Waals surface area contributed by atoms with Crippen LogP contribution in [-0.2, 0) is 16.0 Å². The van der Waals surface area contributed by atoms with E-state index in [4.69, 9.17) is 16.3 Å². The fourth-order valence-corrected chi connectivity index (χ4v) is 2.08. The average Bonchev–Trinajstić information content (AvgIpc) is 2.43. The van der Waals surface area contributed by atoms with E-state index in [1.807, 2.05) is 51.1 Å². The molecule has 0 aliphatic carbocycles. The highest BCUT2D eigenvalue weighted by molar-refractivity contribution is 6.30. The summed E-state index contributed by atoms with van der Waals surface area (Å²) in [6, 6.07) is 9.56. The highest BCUT2D eigenvalue weighted by atomic mass is 35.5. The Bertz CT molecular complexity index is 514. The quantitative estimate of drug-likeness (QED) is 0.782. The summed E-state index contributed by atoms with van der Waals surface area (Å²) < 4.78 is 5.17. The van der Waals surface area contributed by atoms with Crippen LogP contribution in [0, 0.1) is 0 Å². The summed E-state index contributed by atoms with van der Waals surface area (Å²) in [5.74, 6) is -0.276. The van der Waals surface area contributed by atoms with E-state index in [1.165, 1.54) is 0 Å². The van der Waals surface area contributed by atoms with Crippen LogP contribution in [-0.4, -0.2) is 35.6 Å². The number of alkyl carbamates (subject to hydrolysis) is 1. The van der Waals surface area contributed by atoms with Gasteiger partial charge in [-0.15, -0.1) is 11.6 Å². The minimum absolute atomic E-state index is 0.217. The van der Waals surface area contributed by atoms with Gasteiger partial charge in [-0.25, -0.2) is 4.79 Å². The van der Waals surface area contributed by atoms with Gasteiger partial charge >= 0.3 is 6.09 Å². The maximum absolute atomic E-state index is 12.0. The predicted octanol–water partition coefficient (Wildman–Crippen LogP) is 2.87. The molecular weight excluding hydrogens is 316 g/mol. The van der Waals surface area contributed by atoms with Gasteiger partial charge in [0.2, 0.25) is 5.91 Å². The van der Waals surface area contributed by atoms with E-state index < -0.39 is 17.6 Å². The summed E-state index contributed by atoms with van der Waals surface area (Å²) in [6.45, 7) is 7.52. The van der Waals surface area contributed by atoms with Crippen LogP contribution >= 0.6 is 11.6 Å². The molecule has 0 aromatic heterocycles. The maximum atomic E-state index is 12.0. The third kappa shape index (κ3) is 8.45. The highest BCUT2D eigenvalue weighted by Crippen LogP contribution is 2.08. The van der Waals surface area contributed by atoms with Crippen molar-refractivity contribution in [3.05, 3.63) is 35.9 Å². The first-order valence-corrected chi connectivity index (χ1v) is 8.05. The van der Waals surface area contributed by atoms with Crippen molar-refractivity contribution < 1.29 is 14.3 Å². The summed E-state index contributed by atoms with van der Waals surface area (Å²) in [7, 11) is 0. The van der Waals surface area contributed by atoms with E-state index in [2.05, 4.69) is 10.6 Å². The standard InChI is InChI=1S/C17H25ClN2O3/c1-12(23-16(22)20-17(2,3)4)11-19-15(21)14(18)10-13-8-6-5-7-9-13/h5-9,12,14H,10-11H2,1-4H3,(H,19,21)(H,20,22)/t12-,14?/m0/s1. The van der Waals surface area contributed by atoms with Gasteiger partial charge < -0.3 is 15.4 Å². The third-order valence-electron chi connectivity index (χ3n) is 2.89. The predicted molar refractivity (Wildman–Crippen MR) is 91.6 cm³/mol. The molecule has 6 heteroatoms. The van der Waals surface area contributed by atoms with Crippen LogP contribution in [0.2, 0.25) is 0 Å². The second-order valence-electron chi connectivity index (χ2n) is 6.49. The fourth-order valence-electron chi connectivity index (χ4n) is 1.83. The number of rotatable bonds is 6. The number of alkyl halides is 1. The van der Waals surface area contributed by atoms with Gasteiger partial charge in [0.25, 0.3) is 0 Å². The Labute approximate surface area is 142 Å². The molecule has 1 unspecified atom stereocenters. The van der Waals surface area contributed by atoms with E-state index in [1.54, 1.807) is 6.92 Å². The zero-order valence-corrected chi connectivity index (χ0v) is 14.8. The van der Waals surface area contributed by atoms with Gasteiger partial charge in [-0.3, -0.25) is 4.79 Å². The van der Waals surface area contributed by atoms with Crippen molar-refractivity contribution in [1.82, 2.24) is 10.6 Å². The number of hydrogen-bond acceptors (Lipinski definition) is 3. The Morgan fingerprint density at radius 2 is 1.83 bits per heavy atom. The molecule has 2 amide bonds. The van der Waals surface area contributed by atoms with Crippen LogP contribution in [0.5, 0.6) is 0 Å². The van der Waals surface area contributed by atoms with E-state index in [-0.39, 0.29) is 18.0 Å². The largest absolute Gasteiger partial charge is 0.445 e. The van der Waals surface area contributed by atoms with E-state index >= 15 is 0 Å². The van der Waals surface area contributed by atoms with Crippen LogP contribution in [0.15, 0.2) is 30.3 Å². The molecule has 5 nitrogen and oxygen atoms in total. The van der Waals surface area contributed by atoms with Crippen LogP contribution < -0.4 is 10.6 Å². The minimum atomic E-state index is -0.659. The van der Waals surface area contributed by atoms with Gasteiger partial charge in [0.15, 0.2) is 0 Å². The fraction of sp³-hybridized carbons (Fsp3) is 0.529. The Hall–Kier alpha value is -1.75. The minimum Gasteiger partial charge on any atom is -0.445 e. The lowest BCUT2D eigenvalue weighted by Crippen LogP contribution is -2.44. The topological polar surface area (TPSA) is 67.4 Å². The van der Waals surface area contributed by atoms with Crippen molar-refractivity contribution in [1.29, 1.82) is 0 Å². The molecule has 0 saturated heterocycles. The second-order valence-corrected chi connectivity index (χ2v) is 7.02. The van der Waals surface area contributed by atoms with Crippen LogP contribution in [0.4, 0.5) is 4.79 Å². The molecule has 0 radical (unpaired) electrons. The molecule has 1 rings (SSSR count). The molecule has 0 aliphatic heterocycles. The lowest BCUT2D eigenvalue weighted by atomic mass is 10.1. The first-order chi connectivity index (χ1) is 10.7. The molecule has 0 heterocycles. The average molecular weight is 341 g/mol. The van der Waals surface area contributed by atoms with Crippen LogP contribution in [0.1, 0.15) is 33.3 Å².